The minimum absolute atomic E-state index is 0.0286. The molecule has 4 aliphatic heterocycles. The van der Waals surface area contributed by atoms with E-state index in [0.717, 1.165) is 38.5 Å². The lowest BCUT2D eigenvalue weighted by atomic mass is 9.41. The Labute approximate surface area is 466 Å². The van der Waals surface area contributed by atoms with E-state index in [1.54, 1.807) is 33.8 Å². The van der Waals surface area contributed by atoms with Gasteiger partial charge < -0.3 is 93.0 Å². The zero-order valence-electron chi connectivity index (χ0n) is 48.0. The van der Waals surface area contributed by atoms with Gasteiger partial charge in [0.2, 0.25) is 0 Å². The number of hydrogen-bond donors (Lipinski definition) is 9. The minimum Gasteiger partial charge on any atom is -0.495 e. The number of fused-ring (bicyclic) bond motifs is 6. The Morgan fingerprint density at radius 2 is 1.56 bits per heavy atom. The summed E-state index contributed by atoms with van der Waals surface area (Å²) in [5.41, 5.74) is -4.12. The average Bonchev–Trinajstić information content (AvgIpc) is 1.89. The number of ether oxygens (including phenoxy) is 9. The molecule has 21 heteroatoms. The maximum atomic E-state index is 13.6. The number of hydrogen-bond acceptors (Lipinski definition) is 21. The van der Waals surface area contributed by atoms with Gasteiger partial charge >= 0.3 is 5.97 Å². The van der Waals surface area contributed by atoms with E-state index in [0.29, 0.717) is 30.6 Å². The monoisotopic (exact) mass is 1130 g/mol. The van der Waals surface area contributed by atoms with E-state index in [1.165, 1.54) is 20.1 Å². The topological polar surface area (TPSA) is 312 Å². The van der Waals surface area contributed by atoms with Crippen molar-refractivity contribution >= 4 is 16.9 Å². The molecule has 0 unspecified atom stereocenters. The highest BCUT2D eigenvalue weighted by Crippen LogP contribution is 2.90. The largest absolute Gasteiger partial charge is 0.495 e. The van der Waals surface area contributed by atoms with Crippen LogP contribution in [0.4, 0.5) is 0 Å². The fourth-order valence-corrected chi connectivity index (χ4v) is 18.3. The first-order valence-electron chi connectivity index (χ1n) is 28.9. The number of aliphatic hydroxyl groups is 9. The van der Waals surface area contributed by atoms with E-state index in [2.05, 4.69) is 34.6 Å². The summed E-state index contributed by atoms with van der Waals surface area (Å²) < 4.78 is 61.3. The van der Waals surface area contributed by atoms with E-state index in [4.69, 9.17) is 47.0 Å². The van der Waals surface area contributed by atoms with Crippen molar-refractivity contribution in [2.75, 3.05) is 20.3 Å². The Bertz CT molecular complexity index is 2760. The van der Waals surface area contributed by atoms with Gasteiger partial charge in [-0.1, -0.05) is 34.6 Å². The van der Waals surface area contributed by atoms with Gasteiger partial charge in [-0.2, -0.15) is 0 Å². The second kappa shape index (κ2) is 19.7. The molecule has 2 aromatic rings. The zero-order chi connectivity index (χ0) is 58.0. The van der Waals surface area contributed by atoms with Crippen LogP contribution in [0.1, 0.15) is 132 Å². The molecule has 5 heterocycles. The number of methoxy groups -OCH3 is 1. The van der Waals surface area contributed by atoms with E-state index in [9.17, 15) is 55.5 Å². The molecule has 0 radical (unpaired) electrons. The smallest absolute Gasteiger partial charge is 0.303 e. The Balaban J connectivity index is 0.779. The fraction of sp³-hybridized carbons (Fsp3) is 0.831. The molecule has 80 heavy (non-hydrogen) atoms. The number of esters is 1. The number of carbonyl (C=O) groups excluding carboxylic acids is 1. The normalized spacial score (nSPS) is 46.0. The highest BCUT2D eigenvalue weighted by molar-refractivity contribution is 5.87. The molecule has 5 saturated carbocycles. The van der Waals surface area contributed by atoms with Gasteiger partial charge in [0.15, 0.2) is 29.9 Å². The molecule has 0 bridgehead atoms. The SMILES string of the molecule is COc1c2c(cc3oc(CO[C@@H]4O[C@H](COC(C)(C)[C@H](OC(C)=O)[C@H]5C[C@@H](C)[C@H]6[C@@](O)(O5)[C@H](O)[C@@]5(C)[C@@H]7CC[C@H]8C(C)(C)[C@@H](O[C@@H]9OC[C@@H](O)[C@H](O)[C@H]9O)CC[C@@]89C[C@@]79CC[C@]65C)[C@@H](O)[C@H](O)[C@H]4O)cc(=O)c13)O[C@H](C(C)(C)O)C2. The molecule has 9 aliphatic rings. The summed E-state index contributed by atoms with van der Waals surface area (Å²) >= 11 is 0. The van der Waals surface area contributed by atoms with Crippen LogP contribution in [0.25, 0.3) is 11.0 Å². The van der Waals surface area contributed by atoms with E-state index in [-0.39, 0.29) is 69.2 Å². The predicted molar refractivity (Wildman–Crippen MR) is 280 cm³/mol. The van der Waals surface area contributed by atoms with Gasteiger partial charge in [-0.05, 0) is 118 Å². The third kappa shape index (κ3) is 8.62. The Kier molecular flexibility index (Phi) is 14.5. The van der Waals surface area contributed by atoms with Crippen molar-refractivity contribution in [1.29, 1.82) is 0 Å². The summed E-state index contributed by atoms with van der Waals surface area (Å²) in [5.74, 6) is -2.43. The average molecular weight is 1130 g/mol. The van der Waals surface area contributed by atoms with Crippen LogP contribution in [-0.2, 0) is 51.0 Å². The van der Waals surface area contributed by atoms with E-state index < -0.39 is 138 Å². The molecule has 5 aliphatic carbocycles. The van der Waals surface area contributed by atoms with Crippen molar-refractivity contribution in [2.24, 2.45) is 50.7 Å². The van der Waals surface area contributed by atoms with Crippen LogP contribution in [0.5, 0.6) is 11.5 Å². The van der Waals surface area contributed by atoms with Gasteiger partial charge in [0.05, 0.1) is 32.0 Å². The Morgan fingerprint density at radius 3 is 2.25 bits per heavy atom. The highest BCUT2D eigenvalue weighted by atomic mass is 16.7. The zero-order valence-corrected chi connectivity index (χ0v) is 48.0. The molecule has 21 nitrogen and oxygen atoms in total. The van der Waals surface area contributed by atoms with Crippen molar-refractivity contribution in [1.82, 2.24) is 0 Å². The summed E-state index contributed by atoms with van der Waals surface area (Å²) in [6.45, 7) is 17.7. The van der Waals surface area contributed by atoms with E-state index in [1.807, 2.05) is 0 Å². The summed E-state index contributed by atoms with van der Waals surface area (Å²) in [6, 6.07) is 2.76. The van der Waals surface area contributed by atoms with Crippen LogP contribution in [0.2, 0.25) is 0 Å². The molecule has 23 atom stereocenters. The van der Waals surface area contributed by atoms with Gasteiger partial charge in [-0.3, -0.25) is 9.59 Å². The highest BCUT2D eigenvalue weighted by Gasteiger charge is 2.87. The van der Waals surface area contributed by atoms with Gasteiger partial charge in [0, 0.05) is 42.4 Å². The molecule has 9 N–H and O–H groups in total. The van der Waals surface area contributed by atoms with Crippen LogP contribution in [-0.4, -0.2) is 175 Å². The third-order valence-corrected chi connectivity index (χ3v) is 22.3. The first-order chi connectivity index (χ1) is 37.3. The lowest BCUT2D eigenvalue weighted by molar-refractivity contribution is -0.346. The van der Waals surface area contributed by atoms with Crippen molar-refractivity contribution < 1.29 is 97.8 Å². The summed E-state index contributed by atoms with van der Waals surface area (Å²) in [4.78, 5) is 26.6. The number of carbonyl (C=O) groups is 1. The maximum absolute atomic E-state index is 13.6. The predicted octanol–water partition coefficient (Wildman–Crippen LogP) is 2.88. The fourth-order valence-electron chi connectivity index (χ4n) is 18.3. The lowest BCUT2D eigenvalue weighted by Gasteiger charge is -2.63. The quantitative estimate of drug-likeness (QED) is 0.103. The first kappa shape index (κ1) is 58.7. The van der Waals surface area contributed by atoms with Crippen LogP contribution in [0.15, 0.2) is 21.3 Å². The molecular formula is C59H86O21. The van der Waals surface area contributed by atoms with Crippen LogP contribution >= 0.6 is 0 Å². The maximum Gasteiger partial charge on any atom is 0.303 e. The molecule has 11 rings (SSSR count). The van der Waals surface area contributed by atoms with Crippen LogP contribution in [0.3, 0.4) is 0 Å². The molecule has 8 fully saturated rings. The van der Waals surface area contributed by atoms with Crippen molar-refractivity contribution in [3.63, 3.8) is 0 Å². The lowest BCUT2D eigenvalue weighted by Crippen LogP contribution is -2.63. The van der Waals surface area contributed by atoms with Crippen LogP contribution in [0, 0.1) is 50.7 Å². The van der Waals surface area contributed by atoms with Gasteiger partial charge in [-0.25, -0.2) is 0 Å². The van der Waals surface area contributed by atoms with Crippen LogP contribution < -0.4 is 14.9 Å². The number of rotatable bonds is 13. The van der Waals surface area contributed by atoms with Gasteiger partial charge in [0.1, 0.15) is 101 Å². The number of aliphatic hydroxyl groups excluding tert-OH is 7. The molecular weight excluding hydrogens is 1040 g/mol. The Hall–Kier alpha value is -3.10. The standard InChI is InChI=1S/C59H86O21/c1-26-18-34(80-59(70)47(26)55(9)16-17-58-25-57(58)15-14-38(79-50-44(66)41(63)31(62)23-73-50)52(3,4)36(57)12-13-37(58)56(55,10)51(59)68)48(75-27(2)60)54(7,8)74-24-35-42(64)43(65)45(67)49(78-35)72-22-28-19-30(61)40-33(76-28)21-32-29(46(40)71-11)20-39(77-32)53(5,6)69/h19,21,26,31,34-39,41-45,47-51,62-70H,12-18,20,22-25H2,1-11H3/t26-,31-,34-,35-,36+,37+,38+,39+,41+,42-,43+,44-,45-,47-,48-,49-,50+,51-,55-,56-,57-,58+,59-/m1/s1. The second-order valence-electron chi connectivity index (χ2n) is 27.7. The van der Waals surface area contributed by atoms with Gasteiger partial charge in [0.25, 0.3) is 0 Å². The number of benzene rings is 1. The Morgan fingerprint density at radius 1 is 0.875 bits per heavy atom. The molecule has 1 aromatic carbocycles. The summed E-state index contributed by atoms with van der Waals surface area (Å²) in [5, 5.41) is 102. The van der Waals surface area contributed by atoms with Crippen molar-refractivity contribution in [3.05, 3.63) is 33.7 Å². The van der Waals surface area contributed by atoms with Crippen molar-refractivity contribution in [2.45, 2.75) is 236 Å². The van der Waals surface area contributed by atoms with Crippen molar-refractivity contribution in [3.8, 4) is 11.5 Å². The molecule has 3 saturated heterocycles. The molecule has 2 spiro atoms. The second-order valence-corrected chi connectivity index (χ2v) is 27.7. The summed E-state index contributed by atoms with van der Waals surface area (Å²) in [6.07, 6.45) is -10.8. The van der Waals surface area contributed by atoms with Gasteiger partial charge in [-0.15, -0.1) is 0 Å². The van der Waals surface area contributed by atoms with E-state index >= 15 is 0 Å². The third-order valence-electron chi connectivity index (χ3n) is 22.3. The molecule has 448 valence electrons. The summed E-state index contributed by atoms with van der Waals surface area (Å²) in [7, 11) is 1.43. The minimum atomic E-state index is -2.05. The first-order valence-corrected chi connectivity index (χ1v) is 28.9. The molecule has 1 aromatic heterocycles. The molecule has 0 amide bonds.